The van der Waals surface area contributed by atoms with Crippen LogP contribution in [0.25, 0.3) is 0 Å². The predicted molar refractivity (Wildman–Crippen MR) is 87.4 cm³/mol. The van der Waals surface area contributed by atoms with Gasteiger partial charge in [0.25, 0.3) is 0 Å². The van der Waals surface area contributed by atoms with Crippen LogP contribution in [0.15, 0.2) is 0 Å². The molecule has 2 unspecified atom stereocenters. The Morgan fingerprint density at radius 3 is 2.06 bits per heavy atom. The SMILES string of the molecule is CCC(C)(C)C(=O)O[C@@H]1C(=O)O[C@H]2[C@@H]1OC1OC(c3c(F)c(F)c(F)c(F)c3F)O[C@@H]12. The van der Waals surface area contributed by atoms with Crippen LogP contribution in [0.4, 0.5) is 22.0 Å². The molecule has 0 amide bonds. The van der Waals surface area contributed by atoms with Gasteiger partial charge >= 0.3 is 11.9 Å². The lowest BCUT2D eigenvalue weighted by Crippen LogP contribution is -2.39. The Labute approximate surface area is 172 Å². The van der Waals surface area contributed by atoms with Gasteiger partial charge in [-0.25, -0.2) is 26.7 Å². The fourth-order valence-corrected chi connectivity index (χ4v) is 3.41. The zero-order chi connectivity index (χ0) is 22.8. The van der Waals surface area contributed by atoms with Crippen LogP contribution in [0.1, 0.15) is 39.0 Å². The van der Waals surface area contributed by atoms with E-state index in [1.807, 2.05) is 0 Å². The van der Waals surface area contributed by atoms with Crippen LogP contribution >= 0.6 is 0 Å². The quantitative estimate of drug-likeness (QED) is 0.301. The fourth-order valence-electron chi connectivity index (χ4n) is 3.41. The largest absolute Gasteiger partial charge is 0.454 e. The van der Waals surface area contributed by atoms with Crippen molar-refractivity contribution in [1.82, 2.24) is 0 Å². The summed E-state index contributed by atoms with van der Waals surface area (Å²) in [5, 5.41) is 0. The van der Waals surface area contributed by atoms with Crippen LogP contribution < -0.4 is 0 Å². The topological polar surface area (TPSA) is 80.3 Å². The number of carbonyl (C=O) groups is 2. The zero-order valence-corrected chi connectivity index (χ0v) is 16.4. The Balaban J connectivity index is 1.53. The van der Waals surface area contributed by atoms with Crippen LogP contribution in [0.5, 0.6) is 0 Å². The van der Waals surface area contributed by atoms with Gasteiger partial charge in [-0.3, -0.25) is 4.79 Å². The van der Waals surface area contributed by atoms with Crippen LogP contribution in [-0.2, 0) is 33.3 Å². The monoisotopic (exact) mass is 452 g/mol. The molecule has 3 aliphatic heterocycles. The van der Waals surface area contributed by atoms with E-state index in [1.165, 1.54) is 0 Å². The van der Waals surface area contributed by atoms with Gasteiger partial charge in [-0.05, 0) is 20.3 Å². The summed E-state index contributed by atoms with van der Waals surface area (Å²) in [4.78, 5) is 24.5. The summed E-state index contributed by atoms with van der Waals surface area (Å²) in [5.74, 6) is -12.5. The zero-order valence-electron chi connectivity index (χ0n) is 16.4. The van der Waals surface area contributed by atoms with Gasteiger partial charge in [0.2, 0.25) is 11.9 Å². The van der Waals surface area contributed by atoms with E-state index in [0.29, 0.717) is 6.42 Å². The fraction of sp³-hybridized carbons (Fsp3) is 0.579. The summed E-state index contributed by atoms with van der Waals surface area (Å²) >= 11 is 0. The van der Waals surface area contributed by atoms with Gasteiger partial charge < -0.3 is 23.7 Å². The van der Waals surface area contributed by atoms with Crippen molar-refractivity contribution >= 4 is 11.9 Å². The number of halogens is 5. The molecule has 0 saturated carbocycles. The molecule has 0 radical (unpaired) electrons. The summed E-state index contributed by atoms with van der Waals surface area (Å²) in [6.45, 7) is 5.01. The minimum atomic E-state index is -2.32. The number of ether oxygens (including phenoxy) is 5. The summed E-state index contributed by atoms with van der Waals surface area (Å²) in [6.07, 6.45) is -7.89. The van der Waals surface area contributed by atoms with Crippen molar-refractivity contribution in [3.63, 3.8) is 0 Å². The van der Waals surface area contributed by atoms with Gasteiger partial charge in [-0.1, -0.05) is 6.92 Å². The van der Waals surface area contributed by atoms with Crippen molar-refractivity contribution in [2.45, 2.75) is 64.2 Å². The molecule has 1 aromatic rings. The number of rotatable bonds is 4. The first kappa shape index (κ1) is 21.9. The molecule has 0 spiro atoms. The van der Waals surface area contributed by atoms with Crippen LogP contribution in [-0.4, -0.2) is 42.6 Å². The molecule has 1 aromatic carbocycles. The van der Waals surface area contributed by atoms with Gasteiger partial charge in [0.05, 0.1) is 11.0 Å². The maximum atomic E-state index is 14.0. The van der Waals surface area contributed by atoms with Crippen LogP contribution in [0, 0.1) is 34.5 Å². The molecular weight excluding hydrogens is 435 g/mol. The van der Waals surface area contributed by atoms with E-state index in [1.54, 1.807) is 20.8 Å². The standard InChI is InChI=1S/C19H17F5O7/c1-4-19(2,3)18(26)30-13-11-12(27-15(13)25)14-17(28-11)31-16(29-14)5-6(20)8(22)10(24)9(23)7(5)21/h11-14,16-17H,4H2,1-3H3/t11-,12-,13-,14+,16?,17?/m0/s1. The molecule has 0 bridgehead atoms. The molecule has 3 aliphatic rings. The van der Waals surface area contributed by atoms with Crippen molar-refractivity contribution in [1.29, 1.82) is 0 Å². The summed E-state index contributed by atoms with van der Waals surface area (Å²) in [7, 11) is 0. The summed E-state index contributed by atoms with van der Waals surface area (Å²) in [5.41, 5.74) is -2.21. The number of fused-ring (bicyclic) bond motifs is 3. The Hall–Kier alpha value is -2.31. The van der Waals surface area contributed by atoms with Crippen molar-refractivity contribution in [2.24, 2.45) is 5.41 Å². The second kappa shape index (κ2) is 7.38. The highest BCUT2D eigenvalue weighted by atomic mass is 19.2. The van der Waals surface area contributed by atoms with Crippen molar-refractivity contribution in [2.75, 3.05) is 0 Å². The Bertz CT molecular complexity index is 923. The molecule has 0 N–H and O–H groups in total. The molecule has 12 heteroatoms. The molecule has 4 rings (SSSR count). The maximum Gasteiger partial charge on any atom is 0.350 e. The lowest BCUT2D eigenvalue weighted by atomic mass is 9.90. The van der Waals surface area contributed by atoms with Crippen molar-refractivity contribution in [3.05, 3.63) is 34.6 Å². The van der Waals surface area contributed by atoms with Gasteiger partial charge in [-0.2, -0.15) is 0 Å². The molecular formula is C19H17F5O7. The lowest BCUT2D eigenvalue weighted by molar-refractivity contribution is -0.189. The highest BCUT2D eigenvalue weighted by Crippen LogP contribution is 2.45. The molecule has 7 nitrogen and oxygen atoms in total. The Morgan fingerprint density at radius 2 is 1.48 bits per heavy atom. The van der Waals surface area contributed by atoms with Crippen molar-refractivity contribution < 1.29 is 55.2 Å². The third-order valence-corrected chi connectivity index (χ3v) is 5.68. The molecule has 170 valence electrons. The molecule has 3 fully saturated rings. The highest BCUT2D eigenvalue weighted by molar-refractivity contribution is 5.84. The average molecular weight is 452 g/mol. The third kappa shape index (κ3) is 3.28. The van der Waals surface area contributed by atoms with E-state index in [4.69, 9.17) is 23.7 Å². The number of hydrogen-bond donors (Lipinski definition) is 0. The second-order valence-corrected chi connectivity index (χ2v) is 7.99. The first-order valence-electron chi connectivity index (χ1n) is 9.37. The number of carbonyl (C=O) groups excluding carboxylic acids is 2. The molecule has 3 saturated heterocycles. The first-order chi connectivity index (χ1) is 14.5. The number of benzene rings is 1. The maximum absolute atomic E-state index is 14.0. The first-order valence-corrected chi connectivity index (χ1v) is 9.37. The van der Waals surface area contributed by atoms with E-state index in [2.05, 4.69) is 0 Å². The van der Waals surface area contributed by atoms with Gasteiger partial charge in [0.1, 0.15) is 6.10 Å². The van der Waals surface area contributed by atoms with E-state index < -0.39 is 89.0 Å². The average Bonchev–Trinajstić information content (AvgIpc) is 3.36. The van der Waals surface area contributed by atoms with Gasteiger partial charge in [0.15, 0.2) is 48.1 Å². The molecule has 0 aliphatic carbocycles. The summed E-state index contributed by atoms with van der Waals surface area (Å²) < 4.78 is 94.7. The van der Waals surface area contributed by atoms with Crippen LogP contribution in [0.3, 0.4) is 0 Å². The Kier molecular flexibility index (Phi) is 5.22. The van der Waals surface area contributed by atoms with Crippen LogP contribution in [0.2, 0.25) is 0 Å². The minimum Gasteiger partial charge on any atom is -0.454 e. The smallest absolute Gasteiger partial charge is 0.350 e. The number of esters is 2. The van der Waals surface area contributed by atoms with E-state index in [9.17, 15) is 31.5 Å². The van der Waals surface area contributed by atoms with E-state index >= 15 is 0 Å². The van der Waals surface area contributed by atoms with E-state index in [0.717, 1.165) is 0 Å². The van der Waals surface area contributed by atoms with Gasteiger partial charge in [-0.15, -0.1) is 0 Å². The molecule has 31 heavy (non-hydrogen) atoms. The molecule has 3 heterocycles. The lowest BCUT2D eigenvalue weighted by Gasteiger charge is -2.24. The third-order valence-electron chi connectivity index (χ3n) is 5.68. The highest BCUT2D eigenvalue weighted by Gasteiger charge is 2.64. The second-order valence-electron chi connectivity index (χ2n) is 7.99. The predicted octanol–water partition coefficient (Wildman–Crippen LogP) is 2.79. The normalized spacial score (nSPS) is 32.1. The molecule has 0 aromatic heterocycles. The minimum absolute atomic E-state index is 0.434. The Morgan fingerprint density at radius 1 is 0.903 bits per heavy atom. The molecule has 6 atom stereocenters. The van der Waals surface area contributed by atoms with Gasteiger partial charge in [0, 0.05) is 0 Å². The number of hydrogen-bond acceptors (Lipinski definition) is 7. The summed E-state index contributed by atoms with van der Waals surface area (Å²) in [6, 6.07) is 0. The van der Waals surface area contributed by atoms with Crippen molar-refractivity contribution in [3.8, 4) is 0 Å². The van der Waals surface area contributed by atoms with E-state index in [-0.39, 0.29) is 0 Å².